The Morgan fingerprint density at radius 1 is 1.33 bits per heavy atom. The van der Waals surface area contributed by atoms with Gasteiger partial charge in [0.25, 0.3) is 0 Å². The fourth-order valence-corrected chi connectivity index (χ4v) is 4.88. The third-order valence-corrected chi connectivity index (χ3v) is 6.25. The summed E-state index contributed by atoms with van der Waals surface area (Å²) in [5, 5.41) is 4.26. The molecular formula is C16H17ClN2O3S2. The molecule has 0 saturated carbocycles. The predicted octanol–water partition coefficient (Wildman–Crippen LogP) is 3.32. The zero-order valence-electron chi connectivity index (χ0n) is 12.8. The first-order valence-corrected chi connectivity index (χ1v) is 10.1. The molecule has 0 radical (unpaired) electrons. The maximum atomic E-state index is 11.8. The molecule has 5 nitrogen and oxygen atoms in total. The highest BCUT2D eigenvalue weighted by atomic mass is 35.5. The van der Waals surface area contributed by atoms with Gasteiger partial charge in [-0.1, -0.05) is 11.6 Å². The smallest absolute Gasteiger partial charge is 0.174 e. The summed E-state index contributed by atoms with van der Waals surface area (Å²) in [6, 6.07) is 10.7. The van der Waals surface area contributed by atoms with Gasteiger partial charge < -0.3 is 14.6 Å². The van der Waals surface area contributed by atoms with Crippen molar-refractivity contribution in [2.45, 2.75) is 19.0 Å². The minimum atomic E-state index is -3.01. The molecule has 2 aromatic rings. The van der Waals surface area contributed by atoms with Crippen LogP contribution in [0.15, 0.2) is 47.1 Å². The number of hydrogen-bond acceptors (Lipinski definition) is 4. The number of hydrogen-bond donors (Lipinski definition) is 1. The Morgan fingerprint density at radius 2 is 2.08 bits per heavy atom. The van der Waals surface area contributed by atoms with Crippen LogP contribution in [-0.2, 0) is 16.4 Å². The van der Waals surface area contributed by atoms with Gasteiger partial charge in [-0.15, -0.1) is 0 Å². The van der Waals surface area contributed by atoms with E-state index in [1.165, 1.54) is 0 Å². The van der Waals surface area contributed by atoms with Gasteiger partial charge in [0.2, 0.25) is 0 Å². The first-order valence-electron chi connectivity index (χ1n) is 7.49. The van der Waals surface area contributed by atoms with E-state index in [-0.39, 0.29) is 17.5 Å². The van der Waals surface area contributed by atoms with Crippen LogP contribution in [0.1, 0.15) is 12.2 Å². The van der Waals surface area contributed by atoms with Crippen LogP contribution in [-0.4, -0.2) is 36.0 Å². The van der Waals surface area contributed by atoms with Crippen molar-refractivity contribution in [1.29, 1.82) is 0 Å². The van der Waals surface area contributed by atoms with Crippen LogP contribution in [0.2, 0.25) is 5.02 Å². The largest absolute Gasteiger partial charge is 0.467 e. The molecule has 0 amide bonds. The third kappa shape index (κ3) is 4.28. The highest BCUT2D eigenvalue weighted by Gasteiger charge is 2.34. The van der Waals surface area contributed by atoms with E-state index in [0.717, 1.165) is 11.4 Å². The van der Waals surface area contributed by atoms with Crippen LogP contribution in [0.3, 0.4) is 0 Å². The van der Waals surface area contributed by atoms with Gasteiger partial charge in [0.05, 0.1) is 24.3 Å². The number of rotatable bonds is 4. The molecule has 3 rings (SSSR count). The number of benzene rings is 1. The first-order chi connectivity index (χ1) is 11.4. The lowest BCUT2D eigenvalue weighted by Crippen LogP contribution is -2.42. The van der Waals surface area contributed by atoms with E-state index in [0.29, 0.717) is 23.1 Å². The standard InChI is InChI=1S/C16H17ClN2O3S2/c17-12-3-5-13(6-4-12)18-16(23)19(10-15-2-1-8-22-15)14-7-9-24(20,21)11-14/h1-6,8,14H,7,9-11H2,(H,18,23)/t14-/m0/s1. The maximum absolute atomic E-state index is 11.8. The lowest BCUT2D eigenvalue weighted by atomic mass is 10.2. The third-order valence-electron chi connectivity index (χ3n) is 3.91. The van der Waals surface area contributed by atoms with Crippen LogP contribution in [0, 0.1) is 0 Å². The lowest BCUT2D eigenvalue weighted by Gasteiger charge is -2.30. The molecule has 1 N–H and O–H groups in total. The summed E-state index contributed by atoms with van der Waals surface area (Å²) in [4.78, 5) is 1.88. The molecule has 1 aliphatic rings. The van der Waals surface area contributed by atoms with Gasteiger partial charge in [0, 0.05) is 16.8 Å². The number of nitrogens with zero attached hydrogens (tertiary/aromatic N) is 1. The summed E-state index contributed by atoms with van der Waals surface area (Å²) in [6.07, 6.45) is 2.15. The van der Waals surface area contributed by atoms with Crippen molar-refractivity contribution in [2.24, 2.45) is 0 Å². The molecule has 1 aromatic carbocycles. The van der Waals surface area contributed by atoms with Gasteiger partial charge in [-0.25, -0.2) is 8.42 Å². The number of anilines is 1. The van der Waals surface area contributed by atoms with E-state index in [1.807, 2.05) is 23.1 Å². The van der Waals surface area contributed by atoms with Crippen LogP contribution in [0.25, 0.3) is 0 Å². The van der Waals surface area contributed by atoms with Crippen molar-refractivity contribution in [3.8, 4) is 0 Å². The van der Waals surface area contributed by atoms with Crippen molar-refractivity contribution in [2.75, 3.05) is 16.8 Å². The second-order valence-corrected chi connectivity index (χ2v) is 8.75. The summed E-state index contributed by atoms with van der Waals surface area (Å²) in [5.41, 5.74) is 0.801. The predicted molar refractivity (Wildman–Crippen MR) is 99.0 cm³/mol. The average Bonchev–Trinajstić information content (AvgIpc) is 3.16. The van der Waals surface area contributed by atoms with E-state index in [4.69, 9.17) is 28.2 Å². The minimum Gasteiger partial charge on any atom is -0.467 e. The molecule has 24 heavy (non-hydrogen) atoms. The molecule has 0 spiro atoms. The Morgan fingerprint density at radius 3 is 2.67 bits per heavy atom. The molecule has 1 atom stereocenters. The van der Waals surface area contributed by atoms with E-state index in [9.17, 15) is 8.42 Å². The van der Waals surface area contributed by atoms with Gasteiger partial charge in [-0.3, -0.25) is 0 Å². The highest BCUT2D eigenvalue weighted by molar-refractivity contribution is 7.91. The zero-order chi connectivity index (χ0) is 17.2. The number of thiocarbonyl (C=S) groups is 1. The first kappa shape index (κ1) is 17.3. The topological polar surface area (TPSA) is 62.6 Å². The van der Waals surface area contributed by atoms with Crippen LogP contribution < -0.4 is 5.32 Å². The molecule has 0 unspecified atom stereocenters. The van der Waals surface area contributed by atoms with E-state index in [1.54, 1.807) is 24.5 Å². The molecule has 128 valence electrons. The summed E-state index contributed by atoms with van der Waals surface area (Å²) >= 11 is 11.4. The zero-order valence-corrected chi connectivity index (χ0v) is 15.2. The van der Waals surface area contributed by atoms with Crippen LogP contribution >= 0.6 is 23.8 Å². The fraction of sp³-hybridized carbons (Fsp3) is 0.312. The van der Waals surface area contributed by atoms with Crippen molar-refractivity contribution in [3.63, 3.8) is 0 Å². The summed E-state index contributed by atoms with van der Waals surface area (Å²) < 4.78 is 29.1. The Labute approximate surface area is 151 Å². The highest BCUT2D eigenvalue weighted by Crippen LogP contribution is 2.22. The normalized spacial score (nSPS) is 19.1. The van der Waals surface area contributed by atoms with E-state index < -0.39 is 9.84 Å². The van der Waals surface area contributed by atoms with Gasteiger partial charge in [-0.05, 0) is 55.0 Å². The summed E-state index contributed by atoms with van der Waals surface area (Å²) in [7, 11) is -3.01. The van der Waals surface area contributed by atoms with Crippen molar-refractivity contribution in [1.82, 2.24) is 4.90 Å². The Hall–Kier alpha value is -1.57. The molecule has 1 aliphatic heterocycles. The van der Waals surface area contributed by atoms with Crippen LogP contribution in [0.5, 0.6) is 0 Å². The molecule has 0 bridgehead atoms. The summed E-state index contributed by atoms with van der Waals surface area (Å²) in [6.45, 7) is 0.423. The second-order valence-electron chi connectivity index (χ2n) is 5.70. The molecule has 1 saturated heterocycles. The van der Waals surface area contributed by atoms with Gasteiger partial charge in [0.1, 0.15) is 5.76 Å². The monoisotopic (exact) mass is 384 g/mol. The molecule has 1 fully saturated rings. The van der Waals surface area contributed by atoms with Gasteiger partial charge in [0.15, 0.2) is 14.9 Å². The molecule has 8 heteroatoms. The number of sulfone groups is 1. The Balaban J connectivity index is 1.78. The van der Waals surface area contributed by atoms with Gasteiger partial charge >= 0.3 is 0 Å². The molecule has 2 heterocycles. The van der Waals surface area contributed by atoms with E-state index >= 15 is 0 Å². The molecule has 1 aromatic heterocycles. The van der Waals surface area contributed by atoms with Crippen molar-refractivity contribution >= 4 is 44.5 Å². The van der Waals surface area contributed by atoms with E-state index in [2.05, 4.69) is 5.32 Å². The lowest BCUT2D eigenvalue weighted by molar-refractivity contribution is 0.302. The van der Waals surface area contributed by atoms with Crippen molar-refractivity contribution < 1.29 is 12.8 Å². The maximum Gasteiger partial charge on any atom is 0.174 e. The number of furan rings is 1. The van der Waals surface area contributed by atoms with Crippen LogP contribution in [0.4, 0.5) is 5.69 Å². The minimum absolute atomic E-state index is 0.107. The fourth-order valence-electron chi connectivity index (χ4n) is 2.69. The Kier molecular flexibility index (Phi) is 5.12. The summed E-state index contributed by atoms with van der Waals surface area (Å²) in [5.74, 6) is 1.03. The number of nitrogens with one attached hydrogen (secondary N) is 1. The average molecular weight is 385 g/mol. The van der Waals surface area contributed by atoms with Gasteiger partial charge in [-0.2, -0.15) is 0 Å². The Bertz CT molecular complexity index is 804. The van der Waals surface area contributed by atoms with Crippen molar-refractivity contribution in [3.05, 3.63) is 53.4 Å². The SMILES string of the molecule is O=S1(=O)CC[C@H](N(Cc2ccco2)C(=S)Nc2ccc(Cl)cc2)C1. The molecular weight excluding hydrogens is 368 g/mol. The molecule has 0 aliphatic carbocycles. The second kappa shape index (κ2) is 7.13. The number of halogens is 1. The quantitative estimate of drug-likeness (QED) is 0.816.